The van der Waals surface area contributed by atoms with Crippen LogP contribution < -0.4 is 5.73 Å². The summed E-state index contributed by atoms with van der Waals surface area (Å²) in [5, 5.41) is 10.7. The normalized spacial score (nSPS) is 12.1. The van der Waals surface area contributed by atoms with Crippen molar-refractivity contribution in [2.75, 3.05) is 5.73 Å². The first kappa shape index (κ1) is 14.1. The second-order valence-corrected chi connectivity index (χ2v) is 5.52. The summed E-state index contributed by atoms with van der Waals surface area (Å²) in [6.45, 7) is 0. The minimum absolute atomic E-state index is 0.0634. The lowest BCUT2D eigenvalue weighted by molar-refractivity contribution is -0.384. The fourth-order valence-electron chi connectivity index (χ4n) is 1.72. The summed E-state index contributed by atoms with van der Waals surface area (Å²) in [4.78, 5) is 10.5. The van der Waals surface area contributed by atoms with Crippen LogP contribution in [0.1, 0.15) is 5.56 Å². The predicted molar refractivity (Wildman–Crippen MR) is 74.0 cm³/mol. The number of nitrogens with two attached hydrogens (primary N) is 1. The number of anilines is 1. The summed E-state index contributed by atoms with van der Waals surface area (Å²) < 4.78 is 25.1. The van der Waals surface area contributed by atoms with E-state index in [2.05, 4.69) is 0 Å². The van der Waals surface area contributed by atoms with Gasteiger partial charge < -0.3 is 5.73 Å². The van der Waals surface area contributed by atoms with Crippen molar-refractivity contribution in [2.45, 2.75) is 10.6 Å². The molecule has 0 aliphatic heterocycles. The van der Waals surface area contributed by atoms with E-state index >= 15 is 0 Å². The second kappa shape index (κ2) is 5.79. The highest BCUT2D eigenvalue weighted by Gasteiger charge is 2.12. The van der Waals surface area contributed by atoms with Gasteiger partial charge in [0.1, 0.15) is 5.82 Å². The maximum atomic E-state index is 12.9. The Balaban J connectivity index is 2.23. The van der Waals surface area contributed by atoms with Gasteiger partial charge in [-0.1, -0.05) is 12.1 Å². The van der Waals surface area contributed by atoms with Crippen LogP contribution in [0.3, 0.4) is 0 Å². The molecule has 1 atom stereocenters. The molecule has 7 heteroatoms. The van der Waals surface area contributed by atoms with Crippen LogP contribution in [0.2, 0.25) is 0 Å². The maximum absolute atomic E-state index is 12.9. The molecule has 0 spiro atoms. The molecule has 5 nitrogen and oxygen atoms in total. The zero-order valence-electron chi connectivity index (χ0n) is 10.3. The SMILES string of the molecule is Nc1cc(F)ccc1S(=O)Cc1cccc([N+](=O)[O-])c1. The number of benzene rings is 2. The number of nitro groups is 1. The number of non-ortho nitro benzene ring substituents is 1. The first-order chi connectivity index (χ1) is 9.47. The summed E-state index contributed by atoms with van der Waals surface area (Å²) in [7, 11) is -1.49. The highest BCUT2D eigenvalue weighted by atomic mass is 32.2. The molecule has 2 N–H and O–H groups in total. The van der Waals surface area contributed by atoms with E-state index in [0.717, 1.165) is 6.07 Å². The van der Waals surface area contributed by atoms with Gasteiger partial charge in [-0.3, -0.25) is 14.3 Å². The second-order valence-electron chi connectivity index (χ2n) is 4.10. The molecule has 0 fully saturated rings. The predicted octanol–water partition coefficient (Wildman–Crippen LogP) is 2.62. The molecule has 0 bridgehead atoms. The van der Waals surface area contributed by atoms with Crippen molar-refractivity contribution in [1.29, 1.82) is 0 Å². The zero-order valence-corrected chi connectivity index (χ0v) is 11.1. The number of hydrogen-bond donors (Lipinski definition) is 1. The average molecular weight is 294 g/mol. The van der Waals surface area contributed by atoms with Gasteiger partial charge in [-0.15, -0.1) is 0 Å². The number of halogens is 1. The Morgan fingerprint density at radius 3 is 2.65 bits per heavy atom. The van der Waals surface area contributed by atoms with Crippen molar-refractivity contribution >= 4 is 22.2 Å². The van der Waals surface area contributed by atoms with E-state index < -0.39 is 21.5 Å². The fraction of sp³-hybridized carbons (Fsp3) is 0.0769. The summed E-state index contributed by atoms with van der Waals surface area (Å²) >= 11 is 0. The van der Waals surface area contributed by atoms with E-state index in [9.17, 15) is 18.7 Å². The van der Waals surface area contributed by atoms with Crippen molar-refractivity contribution < 1.29 is 13.5 Å². The van der Waals surface area contributed by atoms with E-state index in [1.54, 1.807) is 6.07 Å². The molecule has 104 valence electrons. The molecule has 0 amide bonds. The molecule has 0 saturated heterocycles. The molecule has 2 aromatic carbocycles. The molecule has 2 rings (SSSR count). The molecule has 0 saturated carbocycles. The molecule has 0 radical (unpaired) electrons. The zero-order chi connectivity index (χ0) is 14.7. The van der Waals surface area contributed by atoms with E-state index in [-0.39, 0.29) is 17.1 Å². The lowest BCUT2D eigenvalue weighted by Crippen LogP contribution is -2.02. The van der Waals surface area contributed by atoms with Gasteiger partial charge in [0, 0.05) is 12.1 Å². The Morgan fingerprint density at radius 1 is 1.25 bits per heavy atom. The fourth-order valence-corrected chi connectivity index (χ4v) is 2.90. The van der Waals surface area contributed by atoms with Crippen molar-refractivity contribution in [3.8, 4) is 0 Å². The van der Waals surface area contributed by atoms with Gasteiger partial charge in [-0.05, 0) is 23.8 Å². The average Bonchev–Trinajstić information content (AvgIpc) is 2.38. The Labute approximate surface area is 116 Å². The van der Waals surface area contributed by atoms with Gasteiger partial charge >= 0.3 is 0 Å². The first-order valence-electron chi connectivity index (χ1n) is 5.64. The minimum Gasteiger partial charge on any atom is -0.398 e. The summed E-state index contributed by atoms with van der Waals surface area (Å²) in [6.07, 6.45) is 0. The molecule has 0 heterocycles. The van der Waals surface area contributed by atoms with E-state index in [4.69, 9.17) is 5.73 Å². The van der Waals surface area contributed by atoms with Gasteiger partial charge in [0.25, 0.3) is 5.69 Å². The minimum atomic E-state index is -1.49. The van der Waals surface area contributed by atoms with Crippen LogP contribution in [0.5, 0.6) is 0 Å². The molecule has 0 aromatic heterocycles. The van der Waals surface area contributed by atoms with Crippen molar-refractivity contribution in [1.82, 2.24) is 0 Å². The summed E-state index contributed by atoms with van der Waals surface area (Å²) in [5.74, 6) is -0.420. The van der Waals surface area contributed by atoms with Crippen LogP contribution in [0.4, 0.5) is 15.8 Å². The maximum Gasteiger partial charge on any atom is 0.269 e. The van der Waals surface area contributed by atoms with Crippen LogP contribution in [-0.4, -0.2) is 9.13 Å². The number of nitrogens with zero attached hydrogens (tertiary/aromatic N) is 1. The quantitative estimate of drug-likeness (QED) is 0.533. The lowest BCUT2D eigenvalue weighted by Gasteiger charge is -2.06. The van der Waals surface area contributed by atoms with Crippen LogP contribution in [0.25, 0.3) is 0 Å². The molecular formula is C13H11FN2O3S. The molecular weight excluding hydrogens is 283 g/mol. The topological polar surface area (TPSA) is 86.2 Å². The monoisotopic (exact) mass is 294 g/mol. The number of nitro benzene ring substituents is 1. The molecule has 20 heavy (non-hydrogen) atoms. The summed E-state index contributed by atoms with van der Waals surface area (Å²) in [5.41, 5.74) is 6.21. The third kappa shape index (κ3) is 3.18. The van der Waals surface area contributed by atoms with Crippen molar-refractivity contribution in [3.05, 3.63) is 64.0 Å². The van der Waals surface area contributed by atoms with E-state index in [1.165, 1.54) is 30.3 Å². The van der Waals surface area contributed by atoms with Gasteiger partial charge in [0.2, 0.25) is 0 Å². The number of nitrogen functional groups attached to an aromatic ring is 1. The van der Waals surface area contributed by atoms with Gasteiger partial charge in [-0.2, -0.15) is 0 Å². The molecule has 0 aliphatic carbocycles. The van der Waals surface area contributed by atoms with Crippen LogP contribution >= 0.6 is 0 Å². The third-order valence-corrected chi connectivity index (χ3v) is 4.09. The van der Waals surface area contributed by atoms with E-state index in [1.807, 2.05) is 0 Å². The number of rotatable bonds is 4. The molecule has 2 aromatic rings. The molecule has 1 unspecified atom stereocenters. The van der Waals surface area contributed by atoms with Gasteiger partial charge in [0.15, 0.2) is 0 Å². The Hall–Kier alpha value is -2.28. The summed E-state index contributed by atoms with van der Waals surface area (Å²) in [6, 6.07) is 9.52. The van der Waals surface area contributed by atoms with Crippen molar-refractivity contribution in [3.63, 3.8) is 0 Å². The van der Waals surface area contributed by atoms with Crippen LogP contribution in [0, 0.1) is 15.9 Å². The first-order valence-corrected chi connectivity index (χ1v) is 6.96. The largest absolute Gasteiger partial charge is 0.398 e. The smallest absolute Gasteiger partial charge is 0.269 e. The highest BCUT2D eigenvalue weighted by molar-refractivity contribution is 7.84. The lowest BCUT2D eigenvalue weighted by atomic mass is 10.2. The highest BCUT2D eigenvalue weighted by Crippen LogP contribution is 2.21. The Bertz CT molecular complexity index is 691. The van der Waals surface area contributed by atoms with Gasteiger partial charge in [0.05, 0.1) is 32.1 Å². The Morgan fingerprint density at radius 2 is 2.00 bits per heavy atom. The van der Waals surface area contributed by atoms with Gasteiger partial charge in [-0.25, -0.2) is 4.39 Å². The van der Waals surface area contributed by atoms with E-state index in [0.29, 0.717) is 10.5 Å². The third-order valence-electron chi connectivity index (χ3n) is 2.64. The molecule has 0 aliphatic rings. The van der Waals surface area contributed by atoms with Crippen molar-refractivity contribution in [2.24, 2.45) is 0 Å². The van der Waals surface area contributed by atoms with Crippen LogP contribution in [-0.2, 0) is 16.6 Å². The Kier molecular flexibility index (Phi) is 4.09. The number of hydrogen-bond acceptors (Lipinski definition) is 4. The van der Waals surface area contributed by atoms with Crippen LogP contribution in [0.15, 0.2) is 47.4 Å². The standard InChI is InChI=1S/C13H11FN2O3S/c14-10-4-5-13(12(15)7-10)20(19)8-9-2-1-3-11(6-9)16(17)18/h1-7H,8,15H2.